The molecule has 25 heavy (non-hydrogen) atoms. The molecule has 3 nitrogen and oxygen atoms in total. The molecule has 2 aromatic carbocycles. The van der Waals surface area contributed by atoms with E-state index in [0.717, 1.165) is 10.2 Å². The van der Waals surface area contributed by atoms with Gasteiger partial charge in [0.15, 0.2) is 0 Å². The lowest BCUT2D eigenvalue weighted by atomic mass is 9.87. The monoisotopic (exact) mass is 423 g/mol. The van der Waals surface area contributed by atoms with Gasteiger partial charge in [0.05, 0.1) is 17.3 Å². The number of anilines is 1. The van der Waals surface area contributed by atoms with E-state index in [1.807, 2.05) is 18.2 Å². The summed E-state index contributed by atoms with van der Waals surface area (Å²) in [5.74, 6) is 0.750. The summed E-state index contributed by atoms with van der Waals surface area (Å²) in [4.78, 5) is 12.0. The largest absolute Gasteiger partial charge is 0.494 e. The first-order valence-electron chi connectivity index (χ1n) is 8.24. The normalized spacial score (nSPS) is 11.2. The molecule has 0 radical (unpaired) electrons. The van der Waals surface area contributed by atoms with Crippen LogP contribution < -0.4 is 10.1 Å². The van der Waals surface area contributed by atoms with Gasteiger partial charge < -0.3 is 10.1 Å². The maximum atomic E-state index is 12.0. The Labute approximate surface area is 162 Å². The van der Waals surface area contributed by atoms with E-state index in [9.17, 15) is 4.79 Å². The number of nitrogens with one attached hydrogen (secondary N) is 1. The van der Waals surface area contributed by atoms with Crippen LogP contribution in [0, 0.1) is 0 Å². The smallest absolute Gasteiger partial charge is 0.224 e. The highest BCUT2D eigenvalue weighted by Gasteiger charge is 2.13. The first-order valence-corrected chi connectivity index (χ1v) is 9.41. The van der Waals surface area contributed by atoms with Crippen molar-refractivity contribution < 1.29 is 9.53 Å². The molecule has 0 aliphatic heterocycles. The molecule has 0 unspecified atom stereocenters. The predicted octanol–water partition coefficient (Wildman–Crippen LogP) is 6.20. The number of carbonyl (C=O) groups excluding carboxylic acids is 1. The minimum atomic E-state index is -0.0732. The standard InChI is InChI=1S/C20H23BrClNO2/c1-20(2,3)14-6-9-16(10-7-14)25-12-4-5-19(24)23-18-11-8-15(21)13-17(18)22/h6-11,13H,4-5,12H2,1-3H3,(H,23,24). The topological polar surface area (TPSA) is 38.3 Å². The van der Waals surface area contributed by atoms with Gasteiger partial charge in [0, 0.05) is 10.9 Å². The van der Waals surface area contributed by atoms with E-state index in [1.165, 1.54) is 5.56 Å². The third kappa shape index (κ3) is 6.37. The van der Waals surface area contributed by atoms with Gasteiger partial charge in [0.1, 0.15) is 5.75 Å². The third-order valence-electron chi connectivity index (χ3n) is 3.74. The number of amides is 1. The molecular weight excluding hydrogens is 402 g/mol. The minimum absolute atomic E-state index is 0.0732. The molecule has 1 amide bonds. The highest BCUT2D eigenvalue weighted by Crippen LogP contribution is 2.26. The second kappa shape index (κ2) is 8.72. The zero-order valence-corrected chi connectivity index (χ0v) is 17.1. The molecule has 2 aromatic rings. The van der Waals surface area contributed by atoms with E-state index in [0.29, 0.717) is 30.2 Å². The molecular formula is C20H23BrClNO2. The van der Waals surface area contributed by atoms with Crippen LogP contribution in [-0.2, 0) is 10.2 Å². The molecule has 0 heterocycles. The maximum Gasteiger partial charge on any atom is 0.224 e. The van der Waals surface area contributed by atoms with E-state index in [2.05, 4.69) is 54.2 Å². The number of rotatable bonds is 6. The molecule has 0 atom stereocenters. The summed E-state index contributed by atoms with van der Waals surface area (Å²) in [5, 5.41) is 3.32. The number of halogens is 2. The Hall–Kier alpha value is -1.52. The highest BCUT2D eigenvalue weighted by atomic mass is 79.9. The Bertz CT molecular complexity index is 723. The highest BCUT2D eigenvalue weighted by molar-refractivity contribution is 9.10. The van der Waals surface area contributed by atoms with Gasteiger partial charge in [-0.3, -0.25) is 4.79 Å². The predicted molar refractivity (Wildman–Crippen MR) is 108 cm³/mol. The van der Waals surface area contributed by atoms with E-state index < -0.39 is 0 Å². The van der Waals surface area contributed by atoms with Crippen LogP contribution in [0.3, 0.4) is 0 Å². The lowest BCUT2D eigenvalue weighted by molar-refractivity contribution is -0.116. The first-order chi connectivity index (χ1) is 11.8. The van der Waals surface area contributed by atoms with Crippen molar-refractivity contribution in [2.45, 2.75) is 39.0 Å². The van der Waals surface area contributed by atoms with Gasteiger partial charge in [-0.25, -0.2) is 0 Å². The summed E-state index contributed by atoms with van der Waals surface area (Å²) < 4.78 is 6.58. The zero-order valence-electron chi connectivity index (χ0n) is 14.7. The molecule has 0 spiro atoms. The van der Waals surface area contributed by atoms with Gasteiger partial charge in [-0.2, -0.15) is 0 Å². The Morgan fingerprint density at radius 2 is 1.84 bits per heavy atom. The van der Waals surface area contributed by atoms with Crippen LogP contribution in [0.25, 0.3) is 0 Å². The van der Waals surface area contributed by atoms with Gasteiger partial charge in [-0.1, -0.05) is 60.4 Å². The third-order valence-corrected chi connectivity index (χ3v) is 4.55. The van der Waals surface area contributed by atoms with Crippen molar-refractivity contribution in [1.29, 1.82) is 0 Å². The fourth-order valence-corrected chi connectivity index (χ4v) is 3.00. The Balaban J connectivity index is 1.74. The molecule has 0 saturated heterocycles. The molecule has 0 aliphatic rings. The fourth-order valence-electron chi connectivity index (χ4n) is 2.28. The maximum absolute atomic E-state index is 12.0. The summed E-state index contributed by atoms with van der Waals surface area (Å²) in [7, 11) is 0. The molecule has 2 rings (SSSR count). The van der Waals surface area contributed by atoms with Crippen LogP contribution in [0.5, 0.6) is 5.75 Å². The van der Waals surface area contributed by atoms with E-state index >= 15 is 0 Å². The number of benzene rings is 2. The van der Waals surface area contributed by atoms with Crippen LogP contribution >= 0.6 is 27.5 Å². The van der Waals surface area contributed by atoms with E-state index in [4.69, 9.17) is 16.3 Å². The van der Waals surface area contributed by atoms with Gasteiger partial charge in [-0.15, -0.1) is 0 Å². The average molecular weight is 425 g/mol. The van der Waals surface area contributed by atoms with Gasteiger partial charge >= 0.3 is 0 Å². The number of carbonyl (C=O) groups is 1. The van der Waals surface area contributed by atoms with Crippen molar-refractivity contribution in [1.82, 2.24) is 0 Å². The molecule has 0 saturated carbocycles. The van der Waals surface area contributed by atoms with Crippen molar-refractivity contribution in [2.24, 2.45) is 0 Å². The lowest BCUT2D eigenvalue weighted by Gasteiger charge is -2.19. The number of ether oxygens (including phenoxy) is 1. The summed E-state index contributed by atoms with van der Waals surface area (Å²) in [6, 6.07) is 13.5. The zero-order chi connectivity index (χ0) is 18.4. The summed E-state index contributed by atoms with van der Waals surface area (Å²) in [6.07, 6.45) is 1.02. The second-order valence-corrected chi connectivity index (χ2v) is 8.22. The van der Waals surface area contributed by atoms with Crippen LogP contribution in [0.4, 0.5) is 5.69 Å². The molecule has 0 fully saturated rings. The fraction of sp³-hybridized carbons (Fsp3) is 0.350. The van der Waals surface area contributed by atoms with Gasteiger partial charge in [0.25, 0.3) is 0 Å². The van der Waals surface area contributed by atoms with E-state index in [-0.39, 0.29) is 11.3 Å². The van der Waals surface area contributed by atoms with Crippen molar-refractivity contribution in [3.8, 4) is 5.75 Å². The number of hydrogen-bond acceptors (Lipinski definition) is 2. The van der Waals surface area contributed by atoms with E-state index in [1.54, 1.807) is 12.1 Å². The SMILES string of the molecule is CC(C)(C)c1ccc(OCCCC(=O)Nc2ccc(Br)cc2Cl)cc1. The van der Waals surface area contributed by atoms with Gasteiger partial charge in [0.2, 0.25) is 5.91 Å². The van der Waals surface area contributed by atoms with Crippen LogP contribution in [-0.4, -0.2) is 12.5 Å². The molecule has 0 aliphatic carbocycles. The molecule has 0 bridgehead atoms. The van der Waals surface area contributed by atoms with Crippen LogP contribution in [0.1, 0.15) is 39.2 Å². The van der Waals surface area contributed by atoms with Crippen molar-refractivity contribution >= 4 is 39.1 Å². The average Bonchev–Trinajstić information content (AvgIpc) is 2.54. The number of hydrogen-bond donors (Lipinski definition) is 1. The molecule has 1 N–H and O–H groups in total. The summed E-state index contributed by atoms with van der Waals surface area (Å²) in [6.45, 7) is 7.04. The lowest BCUT2D eigenvalue weighted by Crippen LogP contribution is -2.13. The van der Waals surface area contributed by atoms with Crippen molar-refractivity contribution in [3.63, 3.8) is 0 Å². The van der Waals surface area contributed by atoms with Gasteiger partial charge in [-0.05, 0) is 47.7 Å². The van der Waals surface area contributed by atoms with Crippen molar-refractivity contribution in [2.75, 3.05) is 11.9 Å². The Morgan fingerprint density at radius 1 is 1.16 bits per heavy atom. The Morgan fingerprint density at radius 3 is 2.44 bits per heavy atom. The molecule has 134 valence electrons. The van der Waals surface area contributed by atoms with Crippen molar-refractivity contribution in [3.05, 3.63) is 57.5 Å². The molecule has 0 aromatic heterocycles. The van der Waals surface area contributed by atoms with Crippen LogP contribution in [0.15, 0.2) is 46.9 Å². The Kier molecular flexibility index (Phi) is 6.91. The summed E-state index contributed by atoms with van der Waals surface area (Å²) in [5.41, 5.74) is 2.02. The minimum Gasteiger partial charge on any atom is -0.494 e. The first kappa shape index (κ1) is 19.8. The summed E-state index contributed by atoms with van der Waals surface area (Å²) >= 11 is 9.43. The second-order valence-electron chi connectivity index (χ2n) is 6.90. The molecule has 5 heteroatoms. The quantitative estimate of drug-likeness (QED) is 0.561. The van der Waals surface area contributed by atoms with Crippen LogP contribution in [0.2, 0.25) is 5.02 Å².